The minimum Gasteiger partial charge on any atom is -0.480 e. The maximum Gasteiger partial charge on any atom is 0.323 e. The number of carboxylic acid groups (broad SMARTS) is 1. The Labute approximate surface area is 76.6 Å². The molecule has 6 nitrogen and oxygen atoms in total. The van der Waals surface area contributed by atoms with Crippen molar-refractivity contribution in [1.29, 1.82) is 0 Å². The van der Waals surface area contributed by atoms with Gasteiger partial charge in [0.05, 0.1) is 6.61 Å². The van der Waals surface area contributed by atoms with E-state index in [-0.39, 0.29) is 6.61 Å². The highest BCUT2D eigenvalue weighted by Crippen LogP contribution is 1.99. The van der Waals surface area contributed by atoms with Crippen LogP contribution in [0.25, 0.3) is 0 Å². The summed E-state index contributed by atoms with van der Waals surface area (Å²) in [7, 11) is -3.88. The van der Waals surface area contributed by atoms with Crippen LogP contribution in [0.4, 0.5) is 0 Å². The Morgan fingerprint density at radius 3 is 2.23 bits per heavy atom. The maximum atomic E-state index is 11.1. The summed E-state index contributed by atoms with van der Waals surface area (Å²) in [6.45, 7) is 2.13. The van der Waals surface area contributed by atoms with Gasteiger partial charge in [0, 0.05) is 6.04 Å². The first-order chi connectivity index (χ1) is 5.81. The highest BCUT2D eigenvalue weighted by Gasteiger charge is 2.28. The minimum absolute atomic E-state index is 0.369. The van der Waals surface area contributed by atoms with Crippen molar-refractivity contribution >= 4 is 16.0 Å². The zero-order valence-electron chi connectivity index (χ0n) is 7.39. The largest absolute Gasteiger partial charge is 0.480 e. The Kier molecular flexibility index (Phi) is 4.31. The average molecular weight is 211 g/mol. The third-order valence-corrected chi connectivity index (χ3v) is 3.32. The van der Waals surface area contributed by atoms with Crippen molar-refractivity contribution in [2.24, 2.45) is 0 Å². The van der Waals surface area contributed by atoms with Crippen molar-refractivity contribution < 1.29 is 23.4 Å². The molecule has 0 radical (unpaired) electrons. The molecular weight excluding hydrogens is 198 g/mol. The number of aliphatic hydroxyl groups excluding tert-OH is 1. The summed E-state index contributed by atoms with van der Waals surface area (Å²) in [4.78, 5) is 10.3. The Balaban J connectivity index is 4.50. The van der Waals surface area contributed by atoms with Crippen LogP contribution in [0.5, 0.6) is 0 Å². The van der Waals surface area contributed by atoms with E-state index in [4.69, 9.17) is 10.2 Å². The molecule has 0 fully saturated rings. The van der Waals surface area contributed by atoms with Crippen LogP contribution >= 0.6 is 0 Å². The predicted molar refractivity (Wildman–Crippen MR) is 45.7 cm³/mol. The van der Waals surface area contributed by atoms with E-state index in [1.807, 2.05) is 4.72 Å². The second-order valence-electron chi connectivity index (χ2n) is 2.73. The third kappa shape index (κ3) is 3.71. The highest BCUT2D eigenvalue weighted by atomic mass is 32.2. The van der Waals surface area contributed by atoms with Gasteiger partial charge in [0.2, 0.25) is 10.0 Å². The number of nitrogens with one attached hydrogen (secondary N) is 1. The van der Waals surface area contributed by atoms with Crippen LogP contribution in [0.2, 0.25) is 0 Å². The first-order valence-electron chi connectivity index (χ1n) is 3.66. The van der Waals surface area contributed by atoms with Crippen molar-refractivity contribution in [3.05, 3.63) is 0 Å². The number of aliphatic carboxylic acids is 1. The second-order valence-corrected chi connectivity index (χ2v) is 4.76. The topological polar surface area (TPSA) is 104 Å². The average Bonchev–Trinajstić information content (AvgIpc) is 2.01. The highest BCUT2D eigenvalue weighted by molar-refractivity contribution is 7.90. The molecule has 0 heterocycles. The van der Waals surface area contributed by atoms with Crippen LogP contribution in [0.3, 0.4) is 0 Å². The van der Waals surface area contributed by atoms with Crippen molar-refractivity contribution in [3.8, 4) is 0 Å². The van der Waals surface area contributed by atoms with Gasteiger partial charge >= 0.3 is 5.97 Å². The Bertz CT molecular complexity index is 273. The molecule has 7 heteroatoms. The predicted octanol–water partition coefficient (Wildman–Crippen LogP) is -1.24. The smallest absolute Gasteiger partial charge is 0.323 e. The van der Waals surface area contributed by atoms with Gasteiger partial charge in [0.1, 0.15) is 0 Å². The van der Waals surface area contributed by atoms with Gasteiger partial charge in [-0.25, -0.2) is 13.1 Å². The summed E-state index contributed by atoms with van der Waals surface area (Å²) >= 11 is 0. The van der Waals surface area contributed by atoms with Crippen LogP contribution in [-0.4, -0.2) is 42.5 Å². The summed E-state index contributed by atoms with van der Waals surface area (Å²) in [6.07, 6.45) is 0. The lowest BCUT2D eigenvalue weighted by molar-refractivity contribution is -0.136. The summed E-state index contributed by atoms with van der Waals surface area (Å²) in [6, 6.07) is -0.674. The van der Waals surface area contributed by atoms with E-state index in [1.54, 1.807) is 0 Å². The molecule has 0 saturated heterocycles. The first-order valence-corrected chi connectivity index (χ1v) is 5.20. The standard InChI is InChI=1S/C6H13NO5S/c1-4(3-8)7-13(11,12)5(2)6(9)10/h4-5,7-8H,3H2,1-2H3,(H,9,10)/t4-,5?/m1/s1. The molecule has 0 amide bonds. The maximum absolute atomic E-state index is 11.1. The van der Waals surface area contributed by atoms with E-state index < -0.39 is 27.3 Å². The number of carboxylic acids is 1. The lowest BCUT2D eigenvalue weighted by Gasteiger charge is -2.13. The normalized spacial score (nSPS) is 16.5. The van der Waals surface area contributed by atoms with E-state index in [9.17, 15) is 13.2 Å². The molecule has 0 aromatic heterocycles. The fourth-order valence-electron chi connectivity index (χ4n) is 0.552. The van der Waals surface area contributed by atoms with Crippen molar-refractivity contribution in [1.82, 2.24) is 4.72 Å². The van der Waals surface area contributed by atoms with Gasteiger partial charge in [-0.2, -0.15) is 0 Å². The minimum atomic E-state index is -3.88. The van der Waals surface area contributed by atoms with E-state index in [2.05, 4.69) is 0 Å². The molecule has 13 heavy (non-hydrogen) atoms. The number of hydrogen-bond donors (Lipinski definition) is 3. The van der Waals surface area contributed by atoms with E-state index >= 15 is 0 Å². The fourth-order valence-corrected chi connectivity index (χ4v) is 1.66. The van der Waals surface area contributed by atoms with Crippen LogP contribution in [0.1, 0.15) is 13.8 Å². The molecule has 1 unspecified atom stereocenters. The monoisotopic (exact) mass is 211 g/mol. The number of hydrogen-bond acceptors (Lipinski definition) is 4. The molecule has 0 saturated carbocycles. The molecule has 0 aliphatic heterocycles. The summed E-state index contributed by atoms with van der Waals surface area (Å²) < 4.78 is 24.3. The van der Waals surface area contributed by atoms with Gasteiger partial charge in [0.25, 0.3) is 0 Å². The molecule has 0 aromatic carbocycles. The third-order valence-electron chi connectivity index (χ3n) is 1.45. The summed E-state index contributed by atoms with van der Waals surface area (Å²) in [5.74, 6) is -1.42. The van der Waals surface area contributed by atoms with Gasteiger partial charge in [-0.15, -0.1) is 0 Å². The SMILES string of the molecule is CC(C(=O)O)S(=O)(=O)N[C@H](C)CO. The second kappa shape index (κ2) is 4.54. The Morgan fingerprint density at radius 1 is 1.46 bits per heavy atom. The van der Waals surface area contributed by atoms with Gasteiger partial charge in [-0.1, -0.05) is 0 Å². The van der Waals surface area contributed by atoms with Crippen LogP contribution in [0.15, 0.2) is 0 Å². The molecule has 0 rings (SSSR count). The molecule has 0 aliphatic rings. The van der Waals surface area contributed by atoms with Gasteiger partial charge in [-0.05, 0) is 13.8 Å². The summed E-state index contributed by atoms with van der Waals surface area (Å²) in [5.41, 5.74) is 0. The zero-order chi connectivity index (χ0) is 10.6. The number of aliphatic hydroxyl groups is 1. The first kappa shape index (κ1) is 12.3. The van der Waals surface area contributed by atoms with Crippen molar-refractivity contribution in [2.45, 2.75) is 25.1 Å². The molecule has 0 bridgehead atoms. The Hall–Kier alpha value is -0.660. The van der Waals surface area contributed by atoms with Crippen molar-refractivity contribution in [3.63, 3.8) is 0 Å². The number of carbonyl (C=O) groups is 1. The molecule has 0 aromatic rings. The molecule has 3 N–H and O–H groups in total. The van der Waals surface area contributed by atoms with E-state index in [0.717, 1.165) is 6.92 Å². The van der Waals surface area contributed by atoms with Gasteiger partial charge < -0.3 is 10.2 Å². The number of rotatable bonds is 5. The van der Waals surface area contributed by atoms with Gasteiger partial charge in [-0.3, -0.25) is 4.79 Å². The fraction of sp³-hybridized carbons (Fsp3) is 0.833. The lowest BCUT2D eigenvalue weighted by atomic mass is 10.4. The summed E-state index contributed by atoms with van der Waals surface area (Å²) in [5, 5.41) is 15.5. The van der Waals surface area contributed by atoms with E-state index in [1.165, 1.54) is 6.92 Å². The Morgan fingerprint density at radius 2 is 1.92 bits per heavy atom. The lowest BCUT2D eigenvalue weighted by Crippen LogP contribution is -2.43. The van der Waals surface area contributed by atoms with Crippen molar-refractivity contribution in [2.75, 3.05) is 6.61 Å². The van der Waals surface area contributed by atoms with Crippen LogP contribution in [-0.2, 0) is 14.8 Å². The molecule has 0 spiro atoms. The van der Waals surface area contributed by atoms with Crippen LogP contribution < -0.4 is 4.72 Å². The quantitative estimate of drug-likeness (QED) is 0.527. The van der Waals surface area contributed by atoms with Crippen LogP contribution in [0, 0.1) is 0 Å². The van der Waals surface area contributed by atoms with Gasteiger partial charge in [0.15, 0.2) is 5.25 Å². The zero-order valence-corrected chi connectivity index (χ0v) is 8.21. The van der Waals surface area contributed by atoms with E-state index in [0.29, 0.717) is 0 Å². The molecule has 78 valence electrons. The molecule has 2 atom stereocenters. The number of sulfonamides is 1. The molecule has 0 aliphatic carbocycles. The molecular formula is C6H13NO5S.